The molecular weight excluding hydrogens is 450 g/mol. The number of rotatable bonds is 7. The third-order valence-corrected chi connectivity index (χ3v) is 6.47. The molecule has 1 aliphatic heterocycles. The summed E-state index contributed by atoms with van der Waals surface area (Å²) in [5.41, 5.74) is 2.89. The van der Waals surface area contributed by atoms with Crippen LogP contribution in [0.25, 0.3) is 6.08 Å². The van der Waals surface area contributed by atoms with Crippen molar-refractivity contribution in [3.63, 3.8) is 0 Å². The van der Waals surface area contributed by atoms with Crippen LogP contribution in [0.1, 0.15) is 47.3 Å². The number of likely N-dealkylation sites (tertiary alicyclic amines) is 1. The summed E-state index contributed by atoms with van der Waals surface area (Å²) in [5, 5.41) is 5.95. The summed E-state index contributed by atoms with van der Waals surface area (Å²) in [4.78, 5) is 40.3. The average Bonchev–Trinajstić information content (AvgIpc) is 2.93. The van der Waals surface area contributed by atoms with Crippen LogP contribution in [0.3, 0.4) is 0 Å². The van der Waals surface area contributed by atoms with E-state index in [9.17, 15) is 14.4 Å². The van der Waals surface area contributed by atoms with E-state index in [2.05, 4.69) is 10.6 Å². The van der Waals surface area contributed by atoms with Gasteiger partial charge in [-0.15, -0.1) is 0 Å². The number of nitrogens with zero attached hydrogens (tertiary/aromatic N) is 1. The van der Waals surface area contributed by atoms with Crippen LogP contribution < -0.4 is 10.6 Å². The molecule has 1 aliphatic rings. The predicted octanol–water partition coefficient (Wildman–Crippen LogP) is 5.07. The minimum atomic E-state index is -0.243. The Labute approximate surface area is 212 Å². The molecule has 0 saturated carbocycles. The standard InChI is InChI=1S/C30H31N3O3/c1-22(24-12-6-3-7-13-24)31-30(36)26-14-8-9-15-27(26)32-29(35)25-18-20-33(21-19-25)28(34)17-16-23-10-4-2-5-11-23/h2-17,22,25H,18-21H2,1H3,(H,31,36)(H,32,35)/b17-16+. The number of nitrogens with one attached hydrogen (secondary N) is 2. The van der Waals surface area contributed by atoms with Crippen LogP contribution in [0.4, 0.5) is 5.69 Å². The fourth-order valence-corrected chi connectivity index (χ4v) is 4.32. The summed E-state index contributed by atoms with van der Waals surface area (Å²) in [6, 6.07) is 26.3. The monoisotopic (exact) mass is 481 g/mol. The van der Waals surface area contributed by atoms with Gasteiger partial charge in [-0.1, -0.05) is 72.8 Å². The maximum Gasteiger partial charge on any atom is 0.253 e. The van der Waals surface area contributed by atoms with Gasteiger partial charge in [0, 0.05) is 25.1 Å². The molecule has 184 valence electrons. The van der Waals surface area contributed by atoms with Gasteiger partial charge in [0.1, 0.15) is 0 Å². The highest BCUT2D eigenvalue weighted by Crippen LogP contribution is 2.23. The molecule has 3 aromatic carbocycles. The second-order valence-electron chi connectivity index (χ2n) is 8.98. The summed E-state index contributed by atoms with van der Waals surface area (Å²) in [6.07, 6.45) is 4.55. The number of benzene rings is 3. The van der Waals surface area contributed by atoms with Crippen LogP contribution in [0.2, 0.25) is 0 Å². The molecule has 36 heavy (non-hydrogen) atoms. The molecule has 0 aromatic heterocycles. The fourth-order valence-electron chi connectivity index (χ4n) is 4.32. The van der Waals surface area contributed by atoms with Crippen molar-refractivity contribution >= 4 is 29.5 Å². The lowest BCUT2D eigenvalue weighted by molar-refractivity contribution is -0.130. The maximum absolute atomic E-state index is 13.0. The first-order chi connectivity index (χ1) is 17.5. The molecular formula is C30H31N3O3. The van der Waals surface area contributed by atoms with Gasteiger partial charge in [0.15, 0.2) is 0 Å². The number of carbonyl (C=O) groups is 3. The van der Waals surface area contributed by atoms with Crippen LogP contribution in [0.15, 0.2) is 91.0 Å². The van der Waals surface area contributed by atoms with Crippen LogP contribution in [0.5, 0.6) is 0 Å². The Bertz CT molecular complexity index is 1220. The second-order valence-corrected chi connectivity index (χ2v) is 8.98. The number of para-hydroxylation sites is 1. The molecule has 1 heterocycles. The van der Waals surface area contributed by atoms with E-state index in [1.54, 1.807) is 35.2 Å². The molecule has 0 bridgehead atoms. The molecule has 3 amide bonds. The quantitative estimate of drug-likeness (QED) is 0.463. The SMILES string of the molecule is CC(NC(=O)c1ccccc1NC(=O)C1CCN(C(=O)/C=C/c2ccccc2)CC1)c1ccccc1. The molecule has 6 nitrogen and oxygen atoms in total. The van der Waals surface area contributed by atoms with Crippen molar-refractivity contribution in [1.29, 1.82) is 0 Å². The van der Waals surface area contributed by atoms with Crippen LogP contribution in [-0.2, 0) is 9.59 Å². The van der Waals surface area contributed by atoms with E-state index in [1.807, 2.05) is 73.7 Å². The first-order valence-corrected chi connectivity index (χ1v) is 12.3. The zero-order valence-corrected chi connectivity index (χ0v) is 20.4. The van der Waals surface area contributed by atoms with Gasteiger partial charge in [0.2, 0.25) is 11.8 Å². The highest BCUT2D eigenvalue weighted by molar-refractivity contribution is 6.04. The summed E-state index contributed by atoms with van der Waals surface area (Å²) in [5.74, 6) is -0.634. The second kappa shape index (κ2) is 12.0. The Kier molecular flexibility index (Phi) is 8.29. The van der Waals surface area contributed by atoms with Crippen molar-refractivity contribution in [2.75, 3.05) is 18.4 Å². The number of amides is 3. The van der Waals surface area contributed by atoms with Gasteiger partial charge in [-0.05, 0) is 49.1 Å². The van der Waals surface area contributed by atoms with Crippen LogP contribution >= 0.6 is 0 Å². The molecule has 3 aromatic rings. The average molecular weight is 482 g/mol. The topological polar surface area (TPSA) is 78.5 Å². The van der Waals surface area contributed by atoms with Crippen molar-refractivity contribution in [2.24, 2.45) is 5.92 Å². The Balaban J connectivity index is 1.32. The van der Waals surface area contributed by atoms with E-state index < -0.39 is 0 Å². The third-order valence-electron chi connectivity index (χ3n) is 6.47. The molecule has 0 aliphatic carbocycles. The van der Waals surface area contributed by atoms with Gasteiger partial charge in [-0.25, -0.2) is 0 Å². The first-order valence-electron chi connectivity index (χ1n) is 12.3. The zero-order valence-electron chi connectivity index (χ0n) is 20.4. The van der Waals surface area contributed by atoms with Crippen molar-refractivity contribution < 1.29 is 14.4 Å². The largest absolute Gasteiger partial charge is 0.345 e. The molecule has 6 heteroatoms. The molecule has 1 saturated heterocycles. The van der Waals surface area contributed by atoms with Crippen molar-refractivity contribution in [2.45, 2.75) is 25.8 Å². The van der Waals surface area contributed by atoms with Gasteiger partial charge < -0.3 is 15.5 Å². The van der Waals surface area contributed by atoms with Crippen LogP contribution in [0, 0.1) is 5.92 Å². The van der Waals surface area contributed by atoms with Crippen molar-refractivity contribution in [3.05, 3.63) is 108 Å². The summed E-state index contributed by atoms with van der Waals surface area (Å²) in [6.45, 7) is 2.97. The van der Waals surface area contributed by atoms with E-state index in [0.29, 0.717) is 37.2 Å². The zero-order chi connectivity index (χ0) is 25.3. The minimum Gasteiger partial charge on any atom is -0.345 e. The normalized spacial score (nSPS) is 14.9. The highest BCUT2D eigenvalue weighted by Gasteiger charge is 2.27. The molecule has 1 fully saturated rings. The van der Waals surface area contributed by atoms with Gasteiger partial charge in [0.25, 0.3) is 5.91 Å². The lowest BCUT2D eigenvalue weighted by Gasteiger charge is -2.30. The van der Waals surface area contributed by atoms with Crippen molar-refractivity contribution in [1.82, 2.24) is 10.2 Å². The van der Waals surface area contributed by atoms with Gasteiger partial charge in [0.05, 0.1) is 17.3 Å². The predicted molar refractivity (Wildman–Crippen MR) is 142 cm³/mol. The maximum atomic E-state index is 13.0. The van der Waals surface area contributed by atoms with Crippen LogP contribution in [-0.4, -0.2) is 35.7 Å². The van der Waals surface area contributed by atoms with E-state index in [1.165, 1.54) is 0 Å². The Morgan fingerprint density at radius 1 is 0.861 bits per heavy atom. The Morgan fingerprint density at radius 2 is 1.47 bits per heavy atom. The fraction of sp³-hybridized carbons (Fsp3) is 0.233. The summed E-state index contributed by atoms with van der Waals surface area (Å²) >= 11 is 0. The van der Waals surface area contributed by atoms with Gasteiger partial charge in [-0.2, -0.15) is 0 Å². The third kappa shape index (κ3) is 6.48. The summed E-state index contributed by atoms with van der Waals surface area (Å²) in [7, 11) is 0. The van der Waals surface area contributed by atoms with E-state index in [4.69, 9.17) is 0 Å². The number of hydrogen-bond donors (Lipinski definition) is 2. The number of hydrogen-bond acceptors (Lipinski definition) is 3. The van der Waals surface area contributed by atoms with Gasteiger partial charge in [-0.3, -0.25) is 14.4 Å². The molecule has 4 rings (SSSR count). The number of anilines is 1. The smallest absolute Gasteiger partial charge is 0.253 e. The van der Waals surface area contributed by atoms with Crippen molar-refractivity contribution in [3.8, 4) is 0 Å². The number of piperidine rings is 1. The lowest BCUT2D eigenvalue weighted by Crippen LogP contribution is -2.41. The molecule has 0 radical (unpaired) electrons. The summed E-state index contributed by atoms with van der Waals surface area (Å²) < 4.78 is 0. The molecule has 1 atom stereocenters. The first kappa shape index (κ1) is 24.9. The molecule has 2 N–H and O–H groups in total. The molecule has 1 unspecified atom stereocenters. The van der Waals surface area contributed by atoms with Gasteiger partial charge >= 0.3 is 0 Å². The highest BCUT2D eigenvalue weighted by atomic mass is 16.2. The minimum absolute atomic E-state index is 0.0488. The van der Waals surface area contributed by atoms with E-state index >= 15 is 0 Å². The van der Waals surface area contributed by atoms with E-state index in [0.717, 1.165) is 11.1 Å². The Hall–Kier alpha value is -4.19. The van der Waals surface area contributed by atoms with E-state index in [-0.39, 0.29) is 29.7 Å². The number of carbonyl (C=O) groups excluding carboxylic acids is 3. The Morgan fingerprint density at radius 3 is 2.17 bits per heavy atom. The molecule has 0 spiro atoms. The lowest BCUT2D eigenvalue weighted by atomic mass is 9.95.